The monoisotopic (exact) mass is 473 g/mol. The Morgan fingerprint density at radius 2 is 1.68 bits per heavy atom. The van der Waals surface area contributed by atoms with E-state index in [9.17, 15) is 4.79 Å². The van der Waals surface area contributed by atoms with E-state index in [2.05, 4.69) is 22.3 Å². The molecule has 1 aromatic heterocycles. The lowest BCUT2D eigenvalue weighted by atomic mass is 10.1. The molecule has 4 rings (SSSR count). The van der Waals surface area contributed by atoms with E-state index in [-0.39, 0.29) is 18.1 Å². The standard InChI is InChI=1S/C27H27N3O3S/c1-20-12-14-22(15-13-20)24(31)19-34-27-29-28-26(30(27)16-17-32-2)18-33-25-11-7-6-10-23(25)21-8-4-3-5-9-21/h3-15H,16-19H2,1-2H3. The molecule has 0 atom stereocenters. The molecule has 0 N–H and O–H groups in total. The first-order valence-electron chi connectivity index (χ1n) is 11.1. The third-order valence-electron chi connectivity index (χ3n) is 5.35. The van der Waals surface area contributed by atoms with E-state index < -0.39 is 0 Å². The van der Waals surface area contributed by atoms with Crippen LogP contribution in [0.25, 0.3) is 11.1 Å². The van der Waals surface area contributed by atoms with Gasteiger partial charge in [-0.2, -0.15) is 0 Å². The summed E-state index contributed by atoms with van der Waals surface area (Å²) in [5, 5.41) is 9.35. The molecule has 1 heterocycles. The number of aryl methyl sites for hydroxylation is 1. The summed E-state index contributed by atoms with van der Waals surface area (Å²) in [5.41, 5.74) is 3.93. The molecule has 0 amide bonds. The fourth-order valence-corrected chi connectivity index (χ4v) is 4.36. The summed E-state index contributed by atoms with van der Waals surface area (Å²) >= 11 is 1.38. The molecule has 7 heteroatoms. The van der Waals surface area contributed by atoms with Gasteiger partial charge in [0.1, 0.15) is 12.4 Å². The Hall–Kier alpha value is -3.42. The van der Waals surface area contributed by atoms with Gasteiger partial charge < -0.3 is 14.0 Å². The maximum Gasteiger partial charge on any atom is 0.191 e. The minimum atomic E-state index is 0.0564. The molecule has 6 nitrogen and oxygen atoms in total. The third-order valence-corrected chi connectivity index (χ3v) is 6.31. The predicted octanol–water partition coefficient (Wildman–Crippen LogP) is 5.45. The van der Waals surface area contributed by atoms with Crippen molar-refractivity contribution in [3.05, 3.63) is 95.8 Å². The summed E-state index contributed by atoms with van der Waals surface area (Å²) in [5.74, 6) is 1.80. The summed E-state index contributed by atoms with van der Waals surface area (Å²) in [6, 6.07) is 25.7. The van der Waals surface area contributed by atoms with Crippen LogP contribution in [0.2, 0.25) is 0 Å². The molecule has 0 spiro atoms. The zero-order chi connectivity index (χ0) is 23.8. The second kappa shape index (κ2) is 11.6. The predicted molar refractivity (Wildman–Crippen MR) is 134 cm³/mol. The molecule has 0 unspecified atom stereocenters. The van der Waals surface area contributed by atoms with Crippen molar-refractivity contribution >= 4 is 17.5 Å². The molecule has 0 bridgehead atoms. The van der Waals surface area contributed by atoms with Gasteiger partial charge in [-0.15, -0.1) is 10.2 Å². The van der Waals surface area contributed by atoms with Gasteiger partial charge in [-0.3, -0.25) is 4.79 Å². The van der Waals surface area contributed by atoms with Gasteiger partial charge in [-0.25, -0.2) is 0 Å². The first-order chi connectivity index (χ1) is 16.7. The van der Waals surface area contributed by atoms with Gasteiger partial charge in [0.15, 0.2) is 16.8 Å². The Balaban J connectivity index is 1.48. The zero-order valence-corrected chi connectivity index (χ0v) is 20.1. The number of nitrogens with zero attached hydrogens (tertiary/aromatic N) is 3. The number of para-hydroxylation sites is 1. The van der Waals surface area contributed by atoms with Crippen LogP contribution in [0.3, 0.4) is 0 Å². The summed E-state index contributed by atoms with van der Waals surface area (Å²) in [4.78, 5) is 12.6. The lowest BCUT2D eigenvalue weighted by molar-refractivity contribution is 0.102. The van der Waals surface area contributed by atoms with Crippen molar-refractivity contribution in [2.24, 2.45) is 0 Å². The Morgan fingerprint density at radius 3 is 2.44 bits per heavy atom. The summed E-state index contributed by atoms with van der Waals surface area (Å²) < 4.78 is 13.4. The number of Topliss-reactive ketones (excluding diaryl/α,β-unsaturated/α-hetero) is 1. The number of benzene rings is 3. The van der Waals surface area contributed by atoms with Crippen molar-refractivity contribution in [3.8, 4) is 16.9 Å². The fraction of sp³-hybridized carbons (Fsp3) is 0.222. The topological polar surface area (TPSA) is 66.2 Å². The van der Waals surface area contributed by atoms with Crippen molar-refractivity contribution in [2.75, 3.05) is 19.5 Å². The van der Waals surface area contributed by atoms with E-state index in [0.29, 0.717) is 29.7 Å². The summed E-state index contributed by atoms with van der Waals surface area (Å²) in [6.07, 6.45) is 0. The minimum absolute atomic E-state index is 0.0564. The van der Waals surface area contributed by atoms with Crippen molar-refractivity contribution in [1.82, 2.24) is 14.8 Å². The highest BCUT2D eigenvalue weighted by molar-refractivity contribution is 7.99. The molecule has 4 aromatic rings. The molecule has 0 aliphatic rings. The van der Waals surface area contributed by atoms with Crippen LogP contribution in [0.1, 0.15) is 21.7 Å². The van der Waals surface area contributed by atoms with E-state index in [1.807, 2.05) is 78.2 Å². The Bertz CT molecular complexity index is 1220. The SMILES string of the molecule is COCCn1c(COc2ccccc2-c2ccccc2)nnc1SCC(=O)c1ccc(C)cc1. The van der Waals surface area contributed by atoms with Crippen LogP contribution in [0, 0.1) is 6.92 Å². The number of methoxy groups -OCH3 is 1. The van der Waals surface area contributed by atoms with E-state index in [0.717, 1.165) is 22.4 Å². The number of rotatable bonds is 11. The van der Waals surface area contributed by atoms with Crippen molar-refractivity contribution in [3.63, 3.8) is 0 Å². The average molecular weight is 474 g/mol. The van der Waals surface area contributed by atoms with Crippen molar-refractivity contribution in [1.29, 1.82) is 0 Å². The Kier molecular flexibility index (Phi) is 8.12. The van der Waals surface area contributed by atoms with E-state index in [1.165, 1.54) is 11.8 Å². The minimum Gasteiger partial charge on any atom is -0.485 e. The highest BCUT2D eigenvalue weighted by Crippen LogP contribution is 2.30. The van der Waals surface area contributed by atoms with E-state index in [4.69, 9.17) is 9.47 Å². The number of carbonyl (C=O) groups is 1. The second-order valence-electron chi connectivity index (χ2n) is 7.77. The van der Waals surface area contributed by atoms with Crippen LogP contribution in [0.15, 0.2) is 84.0 Å². The Labute approximate surface area is 203 Å². The van der Waals surface area contributed by atoms with Crippen LogP contribution in [-0.2, 0) is 17.9 Å². The molecule has 0 saturated carbocycles. The molecule has 0 fully saturated rings. The first-order valence-corrected chi connectivity index (χ1v) is 12.0. The summed E-state index contributed by atoms with van der Waals surface area (Å²) in [7, 11) is 1.66. The van der Waals surface area contributed by atoms with Gasteiger partial charge in [0, 0.05) is 24.8 Å². The number of thioether (sulfide) groups is 1. The van der Waals surface area contributed by atoms with Gasteiger partial charge in [0.2, 0.25) is 0 Å². The number of hydrogen-bond donors (Lipinski definition) is 0. The number of ether oxygens (including phenoxy) is 2. The zero-order valence-electron chi connectivity index (χ0n) is 19.3. The number of hydrogen-bond acceptors (Lipinski definition) is 6. The van der Waals surface area contributed by atoms with Crippen molar-refractivity contribution in [2.45, 2.75) is 25.2 Å². The average Bonchev–Trinajstić information content (AvgIpc) is 3.27. The van der Waals surface area contributed by atoms with Crippen LogP contribution >= 0.6 is 11.8 Å². The number of aromatic nitrogens is 3. The molecule has 3 aromatic carbocycles. The highest BCUT2D eigenvalue weighted by Gasteiger charge is 2.16. The highest BCUT2D eigenvalue weighted by atomic mass is 32.2. The molecular weight excluding hydrogens is 446 g/mol. The van der Waals surface area contributed by atoms with Crippen LogP contribution < -0.4 is 4.74 Å². The molecular formula is C27H27N3O3S. The lowest BCUT2D eigenvalue weighted by Crippen LogP contribution is -2.12. The normalized spacial score (nSPS) is 10.9. The molecule has 0 aliphatic heterocycles. The lowest BCUT2D eigenvalue weighted by Gasteiger charge is -2.13. The quantitative estimate of drug-likeness (QED) is 0.213. The van der Waals surface area contributed by atoms with Gasteiger partial charge in [-0.1, -0.05) is 90.1 Å². The molecule has 0 aliphatic carbocycles. The van der Waals surface area contributed by atoms with E-state index in [1.54, 1.807) is 7.11 Å². The summed E-state index contributed by atoms with van der Waals surface area (Å²) in [6.45, 7) is 3.34. The van der Waals surface area contributed by atoms with Gasteiger partial charge >= 0.3 is 0 Å². The van der Waals surface area contributed by atoms with Gasteiger partial charge in [0.25, 0.3) is 0 Å². The third kappa shape index (κ3) is 5.92. The Morgan fingerprint density at radius 1 is 0.941 bits per heavy atom. The van der Waals surface area contributed by atoms with Crippen molar-refractivity contribution < 1.29 is 14.3 Å². The van der Waals surface area contributed by atoms with Gasteiger partial charge in [0.05, 0.1) is 12.4 Å². The smallest absolute Gasteiger partial charge is 0.191 e. The molecule has 174 valence electrons. The van der Waals surface area contributed by atoms with E-state index >= 15 is 0 Å². The number of carbonyl (C=O) groups excluding carboxylic acids is 1. The number of ketones is 1. The molecule has 0 saturated heterocycles. The largest absolute Gasteiger partial charge is 0.485 e. The maximum absolute atomic E-state index is 12.6. The first kappa shape index (κ1) is 23.7. The van der Waals surface area contributed by atoms with Crippen LogP contribution in [0.4, 0.5) is 0 Å². The fourth-order valence-electron chi connectivity index (χ4n) is 3.48. The maximum atomic E-state index is 12.6. The van der Waals surface area contributed by atoms with Gasteiger partial charge in [-0.05, 0) is 18.6 Å². The molecule has 0 radical (unpaired) electrons. The van der Waals surface area contributed by atoms with Crippen LogP contribution in [0.5, 0.6) is 5.75 Å². The molecule has 34 heavy (non-hydrogen) atoms. The second-order valence-corrected chi connectivity index (χ2v) is 8.71. The van der Waals surface area contributed by atoms with Crippen LogP contribution in [-0.4, -0.2) is 40.0 Å².